The van der Waals surface area contributed by atoms with Gasteiger partial charge in [-0.05, 0) is 55.2 Å². The van der Waals surface area contributed by atoms with Gasteiger partial charge >= 0.3 is 6.03 Å². The van der Waals surface area contributed by atoms with Crippen LogP contribution in [0.3, 0.4) is 0 Å². The van der Waals surface area contributed by atoms with Gasteiger partial charge in [-0.15, -0.1) is 0 Å². The average molecular weight is 456 g/mol. The van der Waals surface area contributed by atoms with E-state index in [0.717, 1.165) is 61.0 Å². The number of aromatic nitrogens is 1. The Hall–Kier alpha value is -3.62. The van der Waals surface area contributed by atoms with Crippen molar-refractivity contribution in [1.82, 2.24) is 14.8 Å². The van der Waals surface area contributed by atoms with Gasteiger partial charge in [0.1, 0.15) is 23.9 Å². The average Bonchev–Trinajstić information content (AvgIpc) is 3.16. The number of anilines is 1. The van der Waals surface area contributed by atoms with E-state index < -0.39 is 17.7 Å². The van der Waals surface area contributed by atoms with E-state index in [1.165, 1.54) is 0 Å². The van der Waals surface area contributed by atoms with E-state index in [1.54, 1.807) is 7.11 Å². The molecule has 2 N–H and O–H groups in total. The van der Waals surface area contributed by atoms with E-state index >= 15 is 0 Å². The first-order valence-electron chi connectivity index (χ1n) is 10.9. The van der Waals surface area contributed by atoms with Gasteiger partial charge in [0.05, 0.1) is 12.8 Å². The van der Waals surface area contributed by atoms with Crippen LogP contribution in [0.2, 0.25) is 0 Å². The number of benzene rings is 2. The maximum absolute atomic E-state index is 13.8. The summed E-state index contributed by atoms with van der Waals surface area (Å²) in [6, 6.07) is 7.86. The van der Waals surface area contributed by atoms with Gasteiger partial charge in [0, 0.05) is 42.8 Å². The Morgan fingerprint density at radius 2 is 1.85 bits per heavy atom. The molecule has 174 valence electrons. The molecule has 0 atom stereocenters. The molecule has 0 bridgehead atoms. The highest BCUT2D eigenvalue weighted by Gasteiger charge is 2.19. The highest BCUT2D eigenvalue weighted by molar-refractivity contribution is 5.91. The van der Waals surface area contributed by atoms with Gasteiger partial charge in [0.15, 0.2) is 0 Å². The van der Waals surface area contributed by atoms with Crippen LogP contribution in [0.1, 0.15) is 24.8 Å². The van der Waals surface area contributed by atoms with Crippen LogP contribution in [-0.4, -0.2) is 41.6 Å². The molecule has 1 saturated heterocycles. The standard InChI is InChI=1S/C24H26F2N4O3/c1-33-18-6-8-22-19(12-18)16(14-30(22)15-23(31)29-9-3-2-4-10-29)13-27-24(32)28-21-7-5-17(25)11-20(21)26/h5-8,11-12,14H,2-4,9-10,13,15H2,1H3,(H2,27,28,32). The summed E-state index contributed by atoms with van der Waals surface area (Å²) in [6.45, 7) is 1.90. The number of rotatable bonds is 6. The van der Waals surface area contributed by atoms with Gasteiger partial charge in [-0.1, -0.05) is 0 Å². The molecule has 2 heterocycles. The van der Waals surface area contributed by atoms with E-state index in [-0.39, 0.29) is 24.7 Å². The maximum Gasteiger partial charge on any atom is 0.319 e. The van der Waals surface area contributed by atoms with Crippen molar-refractivity contribution in [2.45, 2.75) is 32.4 Å². The van der Waals surface area contributed by atoms with E-state index in [4.69, 9.17) is 4.74 Å². The lowest BCUT2D eigenvalue weighted by Crippen LogP contribution is -2.37. The first-order chi connectivity index (χ1) is 15.9. The largest absolute Gasteiger partial charge is 0.497 e. The molecule has 0 unspecified atom stereocenters. The van der Waals surface area contributed by atoms with Crippen molar-refractivity contribution in [3.63, 3.8) is 0 Å². The minimum absolute atomic E-state index is 0.0615. The Bertz CT molecular complexity index is 1170. The molecule has 0 aliphatic carbocycles. The number of nitrogens with one attached hydrogen (secondary N) is 2. The summed E-state index contributed by atoms with van der Waals surface area (Å²) in [5, 5.41) is 5.91. The third-order valence-corrected chi connectivity index (χ3v) is 5.80. The zero-order chi connectivity index (χ0) is 23.4. The molecule has 1 aliphatic rings. The molecular formula is C24H26F2N4O3. The lowest BCUT2D eigenvalue weighted by atomic mass is 10.1. The molecule has 33 heavy (non-hydrogen) atoms. The van der Waals surface area contributed by atoms with Crippen LogP contribution in [0.5, 0.6) is 5.75 Å². The van der Waals surface area contributed by atoms with Crippen LogP contribution in [-0.2, 0) is 17.9 Å². The predicted octanol–water partition coefficient (Wildman–Crippen LogP) is 4.26. The van der Waals surface area contributed by atoms with Crippen molar-refractivity contribution < 1.29 is 23.1 Å². The SMILES string of the molecule is COc1ccc2c(c1)c(CNC(=O)Nc1ccc(F)cc1F)cn2CC(=O)N1CCCCC1. The van der Waals surface area contributed by atoms with E-state index in [0.29, 0.717) is 11.8 Å². The number of amides is 3. The number of carbonyl (C=O) groups is 2. The highest BCUT2D eigenvalue weighted by atomic mass is 19.1. The lowest BCUT2D eigenvalue weighted by Gasteiger charge is -2.27. The number of urea groups is 1. The number of piperidine rings is 1. The van der Waals surface area contributed by atoms with Crippen LogP contribution in [0.15, 0.2) is 42.6 Å². The second-order valence-electron chi connectivity index (χ2n) is 8.04. The fourth-order valence-electron chi connectivity index (χ4n) is 4.07. The minimum atomic E-state index is -0.859. The summed E-state index contributed by atoms with van der Waals surface area (Å²) in [4.78, 5) is 27.0. The predicted molar refractivity (Wildman–Crippen MR) is 121 cm³/mol. The molecule has 3 aromatic rings. The molecule has 4 rings (SSSR count). The van der Waals surface area contributed by atoms with E-state index in [2.05, 4.69) is 10.6 Å². The quantitative estimate of drug-likeness (QED) is 0.582. The number of carbonyl (C=O) groups excluding carboxylic acids is 2. The summed E-state index contributed by atoms with van der Waals surface area (Å²) in [7, 11) is 1.57. The second kappa shape index (κ2) is 9.89. The summed E-state index contributed by atoms with van der Waals surface area (Å²) < 4.78 is 34.1. The third-order valence-electron chi connectivity index (χ3n) is 5.80. The number of likely N-dealkylation sites (tertiary alicyclic amines) is 1. The zero-order valence-electron chi connectivity index (χ0n) is 18.4. The third kappa shape index (κ3) is 5.24. The van der Waals surface area contributed by atoms with Gasteiger partial charge in [-0.25, -0.2) is 13.6 Å². The first kappa shape index (κ1) is 22.6. The fourth-order valence-corrected chi connectivity index (χ4v) is 4.07. The first-order valence-corrected chi connectivity index (χ1v) is 10.9. The van der Waals surface area contributed by atoms with Gasteiger partial charge < -0.3 is 24.8 Å². The Morgan fingerprint density at radius 1 is 1.06 bits per heavy atom. The molecule has 9 heteroatoms. The number of methoxy groups -OCH3 is 1. The monoisotopic (exact) mass is 456 g/mol. The summed E-state index contributed by atoms with van der Waals surface area (Å²) in [6.07, 6.45) is 5.03. The van der Waals surface area contributed by atoms with Crippen molar-refractivity contribution in [2.75, 3.05) is 25.5 Å². The van der Waals surface area contributed by atoms with Gasteiger partial charge in [0.2, 0.25) is 5.91 Å². The lowest BCUT2D eigenvalue weighted by molar-refractivity contribution is -0.132. The van der Waals surface area contributed by atoms with Crippen LogP contribution in [0.25, 0.3) is 10.9 Å². The molecule has 1 aromatic heterocycles. The van der Waals surface area contributed by atoms with E-state index in [9.17, 15) is 18.4 Å². The van der Waals surface area contributed by atoms with Crippen LogP contribution >= 0.6 is 0 Å². The molecule has 0 saturated carbocycles. The molecule has 2 aromatic carbocycles. The van der Waals surface area contributed by atoms with Crippen molar-refractivity contribution >= 4 is 28.5 Å². The van der Waals surface area contributed by atoms with Crippen molar-refractivity contribution in [2.24, 2.45) is 0 Å². The highest BCUT2D eigenvalue weighted by Crippen LogP contribution is 2.27. The Morgan fingerprint density at radius 3 is 2.58 bits per heavy atom. The molecule has 0 radical (unpaired) electrons. The fraction of sp³-hybridized carbons (Fsp3) is 0.333. The van der Waals surface area contributed by atoms with Crippen LogP contribution < -0.4 is 15.4 Å². The Balaban J connectivity index is 1.51. The number of halogens is 2. The molecule has 0 spiro atoms. The van der Waals surface area contributed by atoms with Gasteiger partial charge in [0.25, 0.3) is 0 Å². The number of hydrogen-bond acceptors (Lipinski definition) is 3. The maximum atomic E-state index is 13.8. The second-order valence-corrected chi connectivity index (χ2v) is 8.04. The molecule has 3 amide bonds. The Labute approximate surface area is 190 Å². The molecule has 1 fully saturated rings. The Kier molecular flexibility index (Phi) is 6.76. The summed E-state index contributed by atoms with van der Waals surface area (Å²) in [5.74, 6) is -0.866. The van der Waals surface area contributed by atoms with Crippen LogP contribution in [0, 0.1) is 11.6 Å². The minimum Gasteiger partial charge on any atom is -0.497 e. The van der Waals surface area contributed by atoms with Gasteiger partial charge in [-0.2, -0.15) is 0 Å². The van der Waals surface area contributed by atoms with E-state index in [1.807, 2.05) is 33.9 Å². The number of hydrogen-bond donors (Lipinski definition) is 2. The van der Waals surface area contributed by atoms with Crippen molar-refractivity contribution in [1.29, 1.82) is 0 Å². The summed E-state index contributed by atoms with van der Waals surface area (Å²) >= 11 is 0. The van der Waals surface area contributed by atoms with Crippen molar-refractivity contribution in [3.05, 3.63) is 59.8 Å². The van der Waals surface area contributed by atoms with Gasteiger partial charge in [-0.3, -0.25) is 4.79 Å². The molecule has 7 nitrogen and oxygen atoms in total. The normalized spacial score (nSPS) is 13.7. The van der Waals surface area contributed by atoms with Crippen LogP contribution in [0.4, 0.5) is 19.3 Å². The molecule has 1 aliphatic heterocycles. The smallest absolute Gasteiger partial charge is 0.319 e. The summed E-state index contributed by atoms with van der Waals surface area (Å²) in [5.41, 5.74) is 1.51. The number of nitrogens with zero attached hydrogens (tertiary/aromatic N) is 2. The van der Waals surface area contributed by atoms with Crippen molar-refractivity contribution in [3.8, 4) is 5.75 Å². The molecular weight excluding hydrogens is 430 g/mol. The zero-order valence-corrected chi connectivity index (χ0v) is 18.4. The number of fused-ring (bicyclic) bond motifs is 1. The number of ether oxygens (including phenoxy) is 1. The topological polar surface area (TPSA) is 75.6 Å².